The van der Waals surface area contributed by atoms with Gasteiger partial charge in [0, 0.05) is 49.7 Å². The van der Waals surface area contributed by atoms with E-state index in [1.165, 1.54) is 37.8 Å². The molecule has 0 spiro atoms. The van der Waals surface area contributed by atoms with E-state index in [0.29, 0.717) is 38.3 Å². The van der Waals surface area contributed by atoms with Gasteiger partial charge in [-0.15, -0.1) is 0 Å². The highest BCUT2D eigenvalue weighted by Gasteiger charge is 2.28. The number of pyridine rings is 1. The minimum atomic E-state index is -0.104. The number of aromatic nitrogens is 3. The predicted molar refractivity (Wildman–Crippen MR) is 157 cm³/mol. The minimum absolute atomic E-state index is 0.00859. The van der Waals surface area contributed by atoms with Gasteiger partial charge < -0.3 is 10.2 Å². The molecule has 1 N–H and O–H groups in total. The Kier molecular flexibility index (Phi) is 8.11. The Morgan fingerprint density at radius 3 is 2.38 bits per heavy atom. The van der Waals surface area contributed by atoms with Gasteiger partial charge in [0.1, 0.15) is 5.82 Å². The number of anilines is 1. The first-order valence-electron chi connectivity index (χ1n) is 15.0. The summed E-state index contributed by atoms with van der Waals surface area (Å²) in [5.41, 5.74) is 3.51. The van der Waals surface area contributed by atoms with Crippen molar-refractivity contribution in [2.24, 2.45) is 13.0 Å². The van der Waals surface area contributed by atoms with Gasteiger partial charge in [-0.05, 0) is 87.8 Å². The number of hydrogen-bond donors (Lipinski definition) is 1. The summed E-state index contributed by atoms with van der Waals surface area (Å²) in [6.45, 7) is 7.03. The van der Waals surface area contributed by atoms with Crippen LogP contribution >= 0.6 is 0 Å². The van der Waals surface area contributed by atoms with Crippen molar-refractivity contribution >= 4 is 28.4 Å². The van der Waals surface area contributed by atoms with Gasteiger partial charge in [-0.3, -0.25) is 24.1 Å². The van der Waals surface area contributed by atoms with Gasteiger partial charge in [0.15, 0.2) is 0 Å². The molecule has 212 valence electrons. The number of likely N-dealkylation sites (tertiary alicyclic amines) is 3. The number of nitrogens with zero attached hydrogens (tertiary/aromatic N) is 6. The number of hydrogen-bond acceptors (Lipinski definition) is 6. The maximum atomic E-state index is 13.1. The van der Waals surface area contributed by atoms with Crippen LogP contribution in [0.15, 0.2) is 36.7 Å². The molecular weight excluding hydrogens is 502 g/mol. The van der Waals surface area contributed by atoms with Crippen molar-refractivity contribution in [3.63, 3.8) is 0 Å². The topological polar surface area (TPSA) is 86.6 Å². The highest BCUT2D eigenvalue weighted by Crippen LogP contribution is 2.29. The Bertz CT molecular complexity index is 1350. The molecule has 9 heteroatoms. The Morgan fingerprint density at radius 2 is 1.60 bits per heavy atom. The molecule has 5 heterocycles. The quantitative estimate of drug-likeness (QED) is 0.487. The fraction of sp³-hybridized carbons (Fsp3) is 0.548. The van der Waals surface area contributed by atoms with Crippen LogP contribution in [0.2, 0.25) is 0 Å². The summed E-state index contributed by atoms with van der Waals surface area (Å²) in [7, 11) is 2.02. The molecule has 1 aromatic carbocycles. The van der Waals surface area contributed by atoms with Crippen LogP contribution in [0, 0.1) is 5.92 Å². The van der Waals surface area contributed by atoms with Gasteiger partial charge in [-0.25, -0.2) is 4.98 Å². The third-order valence-electron chi connectivity index (χ3n) is 8.94. The number of piperidine rings is 2. The fourth-order valence-electron chi connectivity index (χ4n) is 6.45. The van der Waals surface area contributed by atoms with E-state index in [1.54, 1.807) is 0 Å². The monoisotopic (exact) mass is 543 g/mol. The summed E-state index contributed by atoms with van der Waals surface area (Å²) >= 11 is 0. The lowest BCUT2D eigenvalue weighted by atomic mass is 9.95. The van der Waals surface area contributed by atoms with Crippen molar-refractivity contribution in [3.8, 4) is 11.1 Å². The van der Waals surface area contributed by atoms with E-state index in [2.05, 4.69) is 43.4 Å². The van der Waals surface area contributed by atoms with Gasteiger partial charge >= 0.3 is 0 Å². The fourth-order valence-corrected chi connectivity index (χ4v) is 6.45. The first kappa shape index (κ1) is 26.9. The maximum Gasteiger partial charge on any atom is 0.236 e. The van der Waals surface area contributed by atoms with Crippen LogP contribution in [0.1, 0.15) is 50.6 Å². The summed E-state index contributed by atoms with van der Waals surface area (Å²) in [6, 6.07) is 8.37. The normalized spacial score (nSPS) is 19.4. The largest absolute Gasteiger partial charge is 0.342 e. The lowest BCUT2D eigenvalue weighted by Crippen LogP contribution is -2.45. The van der Waals surface area contributed by atoms with Crippen molar-refractivity contribution in [2.75, 3.05) is 51.1 Å². The number of carbonyl (C=O) groups excluding carboxylic acids is 2. The molecule has 3 saturated heterocycles. The SMILES string of the molecule is Cn1ncc(-c2ccc3cnc(NC(=O)C4CCN(C(=O)CN5CCCC5)CC4)cc3c2)c1CN1CCCCC1. The maximum absolute atomic E-state index is 13.1. The Hall–Kier alpha value is -3.30. The lowest BCUT2D eigenvalue weighted by Gasteiger charge is -2.32. The molecule has 0 saturated carbocycles. The molecule has 3 aliphatic rings. The van der Waals surface area contributed by atoms with Crippen molar-refractivity contribution in [1.29, 1.82) is 0 Å². The molecule has 6 rings (SSSR count). The first-order valence-corrected chi connectivity index (χ1v) is 15.0. The minimum Gasteiger partial charge on any atom is -0.342 e. The van der Waals surface area contributed by atoms with Gasteiger partial charge in [-0.1, -0.05) is 18.6 Å². The average molecular weight is 544 g/mol. The van der Waals surface area contributed by atoms with Gasteiger partial charge in [-0.2, -0.15) is 5.10 Å². The number of aryl methyl sites for hydroxylation is 1. The molecule has 0 unspecified atom stereocenters. The predicted octanol–water partition coefficient (Wildman–Crippen LogP) is 3.89. The second kappa shape index (κ2) is 12.1. The van der Waals surface area contributed by atoms with E-state index >= 15 is 0 Å². The zero-order chi connectivity index (χ0) is 27.5. The molecular formula is C31H41N7O2. The molecule has 3 aliphatic heterocycles. The Morgan fingerprint density at radius 1 is 0.875 bits per heavy atom. The van der Waals surface area contributed by atoms with Crippen LogP contribution < -0.4 is 5.32 Å². The summed E-state index contributed by atoms with van der Waals surface area (Å²) < 4.78 is 2.00. The molecule has 2 aromatic heterocycles. The second-order valence-electron chi connectivity index (χ2n) is 11.7. The Labute approximate surface area is 236 Å². The Balaban J connectivity index is 1.10. The lowest BCUT2D eigenvalue weighted by molar-refractivity contribution is -0.135. The molecule has 0 atom stereocenters. The molecule has 0 radical (unpaired) electrons. The highest BCUT2D eigenvalue weighted by atomic mass is 16.2. The van der Waals surface area contributed by atoms with Gasteiger partial charge in [0.05, 0.1) is 18.4 Å². The van der Waals surface area contributed by atoms with E-state index in [4.69, 9.17) is 0 Å². The molecule has 0 bridgehead atoms. The van der Waals surface area contributed by atoms with Crippen LogP contribution in [0.4, 0.5) is 5.82 Å². The number of carbonyl (C=O) groups is 2. The summed E-state index contributed by atoms with van der Waals surface area (Å²) in [5, 5.41) is 9.71. The molecule has 0 aliphatic carbocycles. The summed E-state index contributed by atoms with van der Waals surface area (Å²) in [6.07, 6.45) is 11.4. The molecule has 3 fully saturated rings. The molecule has 2 amide bonds. The number of fused-ring (bicyclic) bond motifs is 1. The standard InChI is InChI=1S/C31H41N7O2/c1-35-28(21-36-11-3-2-4-12-36)27(20-33-35)24-7-8-25-19-32-29(18-26(25)17-24)34-31(40)23-9-15-38(16-10-23)30(39)22-37-13-5-6-14-37/h7-8,17-20,23H,2-6,9-16,21-22H2,1H3,(H,32,34,40). The zero-order valence-corrected chi connectivity index (χ0v) is 23.6. The third-order valence-corrected chi connectivity index (χ3v) is 8.94. The second-order valence-corrected chi connectivity index (χ2v) is 11.7. The molecule has 3 aromatic rings. The van der Waals surface area contributed by atoms with E-state index < -0.39 is 0 Å². The van der Waals surface area contributed by atoms with E-state index in [9.17, 15) is 9.59 Å². The van der Waals surface area contributed by atoms with Crippen molar-refractivity contribution in [1.82, 2.24) is 29.5 Å². The number of nitrogens with one attached hydrogen (secondary N) is 1. The zero-order valence-electron chi connectivity index (χ0n) is 23.6. The summed E-state index contributed by atoms with van der Waals surface area (Å²) in [4.78, 5) is 37.0. The van der Waals surface area contributed by atoms with Crippen LogP contribution in [-0.4, -0.2) is 87.1 Å². The molecule has 9 nitrogen and oxygen atoms in total. The van der Waals surface area contributed by atoms with E-state index in [1.807, 2.05) is 35.1 Å². The van der Waals surface area contributed by atoms with Crippen molar-refractivity contribution in [2.45, 2.75) is 51.5 Å². The van der Waals surface area contributed by atoms with E-state index in [-0.39, 0.29) is 17.7 Å². The molecule has 40 heavy (non-hydrogen) atoms. The van der Waals surface area contributed by atoms with E-state index in [0.717, 1.165) is 54.6 Å². The van der Waals surface area contributed by atoms with Gasteiger partial charge in [0.2, 0.25) is 11.8 Å². The van der Waals surface area contributed by atoms with Crippen molar-refractivity contribution in [3.05, 3.63) is 42.4 Å². The number of rotatable bonds is 7. The van der Waals surface area contributed by atoms with Crippen LogP contribution in [0.3, 0.4) is 0 Å². The summed E-state index contributed by atoms with van der Waals surface area (Å²) in [5.74, 6) is 0.653. The van der Waals surface area contributed by atoms with Crippen LogP contribution in [0.5, 0.6) is 0 Å². The number of amides is 2. The smallest absolute Gasteiger partial charge is 0.236 e. The third kappa shape index (κ3) is 6.05. The van der Waals surface area contributed by atoms with Gasteiger partial charge in [0.25, 0.3) is 0 Å². The highest BCUT2D eigenvalue weighted by molar-refractivity contribution is 5.95. The average Bonchev–Trinajstić information content (AvgIpc) is 3.63. The van der Waals surface area contributed by atoms with Crippen LogP contribution in [0.25, 0.3) is 21.9 Å². The number of benzene rings is 1. The first-order chi connectivity index (χ1) is 19.5. The van der Waals surface area contributed by atoms with Crippen molar-refractivity contribution < 1.29 is 9.59 Å². The van der Waals surface area contributed by atoms with Crippen LogP contribution in [-0.2, 0) is 23.2 Å².